The van der Waals surface area contributed by atoms with Crippen molar-refractivity contribution in [2.24, 2.45) is 0 Å². The highest BCUT2D eigenvalue weighted by Crippen LogP contribution is 2.28. The Labute approximate surface area is 116 Å². The molecule has 0 bridgehead atoms. The van der Waals surface area contributed by atoms with E-state index < -0.39 is 0 Å². The number of nitrogens with zero attached hydrogens (tertiary/aromatic N) is 1. The van der Waals surface area contributed by atoms with Crippen LogP contribution >= 0.6 is 11.6 Å². The molecule has 0 saturated carbocycles. The van der Waals surface area contributed by atoms with E-state index in [9.17, 15) is 9.90 Å². The summed E-state index contributed by atoms with van der Waals surface area (Å²) < 4.78 is 0. The highest BCUT2D eigenvalue weighted by Gasteiger charge is 2.17. The monoisotopic (exact) mass is 278 g/mol. The van der Waals surface area contributed by atoms with Crippen molar-refractivity contribution in [3.05, 3.63) is 45.3 Å². The first-order chi connectivity index (χ1) is 8.77. The molecule has 1 aromatic carbocycles. The van der Waals surface area contributed by atoms with Crippen molar-refractivity contribution in [2.75, 3.05) is 0 Å². The van der Waals surface area contributed by atoms with Gasteiger partial charge < -0.3 is 10.1 Å². The first kappa shape index (κ1) is 13.6. The second kappa shape index (κ2) is 4.70. The largest absolute Gasteiger partial charge is 0.506 e. The van der Waals surface area contributed by atoms with Gasteiger partial charge in [0.1, 0.15) is 11.6 Å². The topological polar surface area (TPSA) is 66.0 Å². The molecule has 0 radical (unpaired) electrons. The van der Waals surface area contributed by atoms with Crippen LogP contribution in [0.25, 0.3) is 11.4 Å². The highest BCUT2D eigenvalue weighted by molar-refractivity contribution is 6.32. The van der Waals surface area contributed by atoms with Crippen LogP contribution in [-0.4, -0.2) is 15.1 Å². The van der Waals surface area contributed by atoms with E-state index in [1.165, 1.54) is 12.1 Å². The van der Waals surface area contributed by atoms with Crippen LogP contribution in [0, 0.1) is 0 Å². The van der Waals surface area contributed by atoms with Crippen LogP contribution in [0.3, 0.4) is 0 Å². The molecule has 2 rings (SSSR count). The lowest BCUT2D eigenvalue weighted by Crippen LogP contribution is -2.19. The van der Waals surface area contributed by atoms with Gasteiger partial charge in [0.15, 0.2) is 0 Å². The summed E-state index contributed by atoms with van der Waals surface area (Å²) in [7, 11) is 0. The number of hydrogen-bond acceptors (Lipinski definition) is 3. The zero-order chi connectivity index (χ0) is 14.2. The van der Waals surface area contributed by atoms with Gasteiger partial charge in [-0.2, -0.15) is 0 Å². The lowest BCUT2D eigenvalue weighted by atomic mass is 9.92. The summed E-state index contributed by atoms with van der Waals surface area (Å²) in [5.41, 5.74) is 0.935. The minimum atomic E-state index is -0.219. The Bertz CT molecular complexity index is 672. The summed E-state index contributed by atoms with van der Waals surface area (Å²) in [5, 5.41) is 9.63. The fourth-order valence-electron chi connectivity index (χ4n) is 1.63. The molecule has 0 fully saturated rings. The van der Waals surface area contributed by atoms with Crippen LogP contribution < -0.4 is 5.56 Å². The van der Waals surface area contributed by atoms with E-state index in [2.05, 4.69) is 9.97 Å². The highest BCUT2D eigenvalue weighted by atomic mass is 35.5. The number of nitrogens with one attached hydrogen (secondary N) is 1. The summed E-state index contributed by atoms with van der Waals surface area (Å²) in [5.74, 6) is 0.444. The third-order valence-corrected chi connectivity index (χ3v) is 3.03. The Hall–Kier alpha value is -1.81. The minimum absolute atomic E-state index is 0.000241. The van der Waals surface area contributed by atoms with Gasteiger partial charge in [-0.15, -0.1) is 0 Å². The van der Waals surface area contributed by atoms with Crippen LogP contribution in [0.1, 0.15) is 26.5 Å². The standard InChI is InChI=1S/C14H15ClN2O2/c1-14(2,3)11-7-12(19)17-13(16-11)8-4-5-10(18)9(15)6-8/h4-7,18H,1-3H3,(H,16,17,19). The molecule has 5 heteroatoms. The number of benzene rings is 1. The average molecular weight is 279 g/mol. The number of aromatic amines is 1. The molecule has 2 aromatic rings. The zero-order valence-electron chi connectivity index (χ0n) is 11.0. The normalized spacial score (nSPS) is 11.6. The summed E-state index contributed by atoms with van der Waals surface area (Å²) in [6, 6.07) is 6.19. The summed E-state index contributed by atoms with van der Waals surface area (Å²) in [6.07, 6.45) is 0. The molecule has 0 aliphatic heterocycles. The molecule has 0 saturated heterocycles. The number of hydrogen-bond donors (Lipinski definition) is 2. The van der Waals surface area contributed by atoms with E-state index in [1.807, 2.05) is 20.8 Å². The molecule has 0 spiro atoms. The van der Waals surface area contributed by atoms with Crippen molar-refractivity contribution >= 4 is 11.6 Å². The Balaban J connectivity index is 2.59. The number of aromatic nitrogens is 2. The van der Waals surface area contributed by atoms with E-state index >= 15 is 0 Å². The predicted octanol–water partition coefficient (Wildman–Crippen LogP) is 3.09. The van der Waals surface area contributed by atoms with Gasteiger partial charge in [0.25, 0.3) is 5.56 Å². The molecular formula is C14H15ClN2O2. The lowest BCUT2D eigenvalue weighted by Gasteiger charge is -2.17. The van der Waals surface area contributed by atoms with Crippen molar-refractivity contribution in [1.82, 2.24) is 9.97 Å². The average Bonchev–Trinajstić information content (AvgIpc) is 2.31. The summed E-state index contributed by atoms with van der Waals surface area (Å²) in [4.78, 5) is 18.8. The Morgan fingerprint density at radius 1 is 1.26 bits per heavy atom. The Morgan fingerprint density at radius 3 is 2.53 bits per heavy atom. The molecule has 0 aliphatic rings. The van der Waals surface area contributed by atoms with E-state index in [4.69, 9.17) is 11.6 Å². The van der Waals surface area contributed by atoms with E-state index in [1.54, 1.807) is 12.1 Å². The predicted molar refractivity (Wildman–Crippen MR) is 75.7 cm³/mol. The SMILES string of the molecule is CC(C)(C)c1cc(=O)[nH]c(-c2ccc(O)c(Cl)c2)n1. The third-order valence-electron chi connectivity index (χ3n) is 2.73. The number of aromatic hydroxyl groups is 1. The molecule has 0 unspecified atom stereocenters. The molecule has 19 heavy (non-hydrogen) atoms. The van der Waals surface area contributed by atoms with Crippen LogP contribution in [0.15, 0.2) is 29.1 Å². The number of H-pyrrole nitrogens is 1. The van der Waals surface area contributed by atoms with Crippen molar-refractivity contribution in [3.8, 4) is 17.1 Å². The van der Waals surface area contributed by atoms with Gasteiger partial charge in [-0.25, -0.2) is 4.98 Å². The van der Waals surface area contributed by atoms with E-state index in [0.29, 0.717) is 17.1 Å². The zero-order valence-corrected chi connectivity index (χ0v) is 11.7. The third kappa shape index (κ3) is 2.96. The van der Waals surface area contributed by atoms with Crippen molar-refractivity contribution in [2.45, 2.75) is 26.2 Å². The smallest absolute Gasteiger partial charge is 0.251 e. The maximum absolute atomic E-state index is 11.7. The quantitative estimate of drug-likeness (QED) is 0.842. The molecule has 1 aromatic heterocycles. The Morgan fingerprint density at radius 2 is 1.95 bits per heavy atom. The maximum atomic E-state index is 11.7. The summed E-state index contributed by atoms with van der Waals surface area (Å²) >= 11 is 5.86. The van der Waals surface area contributed by atoms with Gasteiger partial charge in [-0.1, -0.05) is 32.4 Å². The van der Waals surface area contributed by atoms with Crippen LogP contribution in [0.4, 0.5) is 0 Å². The number of phenolic OH excluding ortho intramolecular Hbond substituents is 1. The molecule has 0 amide bonds. The van der Waals surface area contributed by atoms with Gasteiger partial charge in [-0.05, 0) is 18.2 Å². The van der Waals surface area contributed by atoms with Crippen molar-refractivity contribution in [1.29, 1.82) is 0 Å². The van der Waals surface area contributed by atoms with Gasteiger partial charge in [0, 0.05) is 17.0 Å². The number of rotatable bonds is 1. The van der Waals surface area contributed by atoms with Crippen molar-refractivity contribution < 1.29 is 5.11 Å². The fraction of sp³-hybridized carbons (Fsp3) is 0.286. The van der Waals surface area contributed by atoms with E-state index in [-0.39, 0.29) is 21.7 Å². The second-order valence-electron chi connectivity index (χ2n) is 5.40. The second-order valence-corrected chi connectivity index (χ2v) is 5.80. The molecule has 1 heterocycles. The Kier molecular flexibility index (Phi) is 3.37. The van der Waals surface area contributed by atoms with Gasteiger partial charge in [0.2, 0.25) is 0 Å². The maximum Gasteiger partial charge on any atom is 0.251 e. The van der Waals surface area contributed by atoms with Crippen molar-refractivity contribution in [3.63, 3.8) is 0 Å². The molecule has 0 aliphatic carbocycles. The molecule has 0 atom stereocenters. The minimum Gasteiger partial charge on any atom is -0.506 e. The molecule has 2 N–H and O–H groups in total. The van der Waals surface area contributed by atoms with Gasteiger partial charge in [-0.3, -0.25) is 4.79 Å². The molecule has 4 nitrogen and oxygen atoms in total. The molecular weight excluding hydrogens is 264 g/mol. The first-order valence-corrected chi connectivity index (χ1v) is 6.26. The van der Waals surface area contributed by atoms with E-state index in [0.717, 1.165) is 0 Å². The van der Waals surface area contributed by atoms with Crippen LogP contribution in [0.2, 0.25) is 5.02 Å². The van der Waals surface area contributed by atoms with Crippen LogP contribution in [0.5, 0.6) is 5.75 Å². The fourth-order valence-corrected chi connectivity index (χ4v) is 1.81. The number of halogens is 1. The molecule has 100 valence electrons. The van der Waals surface area contributed by atoms with Gasteiger partial charge in [0.05, 0.1) is 10.7 Å². The number of phenols is 1. The summed E-state index contributed by atoms with van der Waals surface area (Å²) in [6.45, 7) is 5.97. The van der Waals surface area contributed by atoms with Crippen LogP contribution in [-0.2, 0) is 5.41 Å². The first-order valence-electron chi connectivity index (χ1n) is 5.88. The lowest BCUT2D eigenvalue weighted by molar-refractivity contribution is 0.475. The van der Waals surface area contributed by atoms with Gasteiger partial charge >= 0.3 is 0 Å².